The summed E-state index contributed by atoms with van der Waals surface area (Å²) in [5.41, 5.74) is -0.347. The Bertz CT molecular complexity index is 476. The van der Waals surface area contributed by atoms with E-state index >= 15 is 0 Å². The first-order valence-electron chi connectivity index (χ1n) is 4.96. The van der Waals surface area contributed by atoms with Gasteiger partial charge in [-0.15, -0.1) is 11.3 Å². The summed E-state index contributed by atoms with van der Waals surface area (Å²) in [4.78, 5) is 11.4. The van der Waals surface area contributed by atoms with Crippen LogP contribution in [-0.2, 0) is 20.2 Å². The summed E-state index contributed by atoms with van der Waals surface area (Å²) in [5.74, 6) is -2.25. The SMILES string of the molecule is CC(C)(CNS(=O)(=O)CC(=O)O)c1cccs1. The minimum Gasteiger partial charge on any atom is -0.480 e. The largest absolute Gasteiger partial charge is 0.480 e. The lowest BCUT2D eigenvalue weighted by Gasteiger charge is -2.23. The third kappa shape index (κ3) is 4.45. The molecule has 96 valence electrons. The molecule has 1 aromatic heterocycles. The predicted molar refractivity (Wildman–Crippen MR) is 66.8 cm³/mol. The first-order chi connectivity index (χ1) is 7.73. The third-order valence-corrected chi connectivity index (χ3v) is 4.68. The summed E-state index contributed by atoms with van der Waals surface area (Å²) in [6, 6.07) is 3.82. The van der Waals surface area contributed by atoms with Crippen molar-refractivity contribution in [2.75, 3.05) is 12.3 Å². The number of nitrogens with one attached hydrogen (secondary N) is 1. The van der Waals surface area contributed by atoms with Gasteiger partial charge in [0.1, 0.15) is 0 Å². The molecule has 0 fully saturated rings. The molecule has 0 saturated heterocycles. The van der Waals surface area contributed by atoms with Gasteiger partial charge in [0.25, 0.3) is 0 Å². The fourth-order valence-corrected chi connectivity index (χ4v) is 3.11. The minimum atomic E-state index is -3.75. The van der Waals surface area contributed by atoms with Gasteiger partial charge in [0.05, 0.1) is 0 Å². The number of rotatable bonds is 6. The molecule has 1 heterocycles. The van der Waals surface area contributed by atoms with Crippen LogP contribution in [0.25, 0.3) is 0 Å². The van der Waals surface area contributed by atoms with Gasteiger partial charge in [0, 0.05) is 16.8 Å². The zero-order valence-corrected chi connectivity index (χ0v) is 11.3. The Morgan fingerprint density at radius 1 is 1.53 bits per heavy atom. The molecule has 0 spiro atoms. The highest BCUT2D eigenvalue weighted by molar-refractivity contribution is 7.90. The minimum absolute atomic E-state index is 0.184. The molecule has 0 aliphatic carbocycles. The molecule has 2 N–H and O–H groups in total. The van der Waals surface area contributed by atoms with E-state index in [1.807, 2.05) is 31.4 Å². The number of carboxylic acid groups (broad SMARTS) is 1. The average molecular weight is 277 g/mol. The first kappa shape index (κ1) is 14.1. The summed E-state index contributed by atoms with van der Waals surface area (Å²) in [5, 5.41) is 10.4. The van der Waals surface area contributed by atoms with Gasteiger partial charge in [-0.3, -0.25) is 4.79 Å². The van der Waals surface area contributed by atoms with E-state index in [4.69, 9.17) is 5.11 Å². The Kier molecular flexibility index (Phi) is 4.29. The van der Waals surface area contributed by atoms with Crippen molar-refractivity contribution in [2.24, 2.45) is 0 Å². The Labute approximate surface area is 105 Å². The van der Waals surface area contributed by atoms with Crippen molar-refractivity contribution in [1.29, 1.82) is 0 Å². The molecule has 0 bridgehead atoms. The van der Waals surface area contributed by atoms with Crippen LogP contribution < -0.4 is 4.72 Å². The Balaban J connectivity index is 2.65. The molecule has 0 radical (unpaired) electrons. The lowest BCUT2D eigenvalue weighted by molar-refractivity contribution is -0.134. The second kappa shape index (κ2) is 5.16. The van der Waals surface area contributed by atoms with E-state index in [1.165, 1.54) is 0 Å². The monoisotopic (exact) mass is 277 g/mol. The lowest BCUT2D eigenvalue weighted by atomic mass is 9.92. The number of hydrogen-bond donors (Lipinski definition) is 2. The van der Waals surface area contributed by atoms with Gasteiger partial charge in [-0.25, -0.2) is 13.1 Å². The lowest BCUT2D eigenvalue weighted by Crippen LogP contribution is -2.38. The number of aliphatic carboxylic acids is 1. The fraction of sp³-hybridized carbons (Fsp3) is 0.500. The molecule has 7 heteroatoms. The maximum atomic E-state index is 11.4. The molecule has 17 heavy (non-hydrogen) atoms. The van der Waals surface area contributed by atoms with Gasteiger partial charge in [0.2, 0.25) is 10.0 Å². The summed E-state index contributed by atoms with van der Waals surface area (Å²) in [6.45, 7) is 3.99. The predicted octanol–water partition coefficient (Wildman–Crippen LogP) is 1.03. The van der Waals surface area contributed by atoms with Crippen LogP contribution in [0.2, 0.25) is 0 Å². The molecule has 0 atom stereocenters. The normalized spacial score (nSPS) is 12.6. The van der Waals surface area contributed by atoms with Crippen LogP contribution in [0.3, 0.4) is 0 Å². The van der Waals surface area contributed by atoms with Crippen molar-refractivity contribution in [2.45, 2.75) is 19.3 Å². The third-order valence-electron chi connectivity index (χ3n) is 2.24. The van der Waals surface area contributed by atoms with Crippen LogP contribution in [0.1, 0.15) is 18.7 Å². The van der Waals surface area contributed by atoms with E-state index in [9.17, 15) is 13.2 Å². The summed E-state index contributed by atoms with van der Waals surface area (Å²) >= 11 is 1.54. The average Bonchev–Trinajstić information content (AvgIpc) is 2.66. The van der Waals surface area contributed by atoms with E-state index in [0.29, 0.717) is 0 Å². The Morgan fingerprint density at radius 2 is 2.18 bits per heavy atom. The van der Waals surface area contributed by atoms with Gasteiger partial charge < -0.3 is 5.11 Å². The van der Waals surface area contributed by atoms with Crippen LogP contribution in [0, 0.1) is 0 Å². The maximum Gasteiger partial charge on any atom is 0.320 e. The molecule has 0 amide bonds. The topological polar surface area (TPSA) is 83.5 Å². The number of sulfonamides is 1. The molecular weight excluding hydrogens is 262 g/mol. The number of thiophene rings is 1. The molecule has 1 rings (SSSR count). The van der Waals surface area contributed by atoms with Crippen molar-refractivity contribution in [3.05, 3.63) is 22.4 Å². The van der Waals surface area contributed by atoms with E-state index in [-0.39, 0.29) is 12.0 Å². The summed E-state index contributed by atoms with van der Waals surface area (Å²) in [7, 11) is -3.75. The number of carboxylic acids is 1. The van der Waals surface area contributed by atoms with Crippen LogP contribution in [0.4, 0.5) is 0 Å². The van der Waals surface area contributed by atoms with Crippen LogP contribution >= 0.6 is 11.3 Å². The van der Waals surface area contributed by atoms with Crippen molar-refractivity contribution < 1.29 is 18.3 Å². The van der Waals surface area contributed by atoms with Crippen molar-refractivity contribution in [3.63, 3.8) is 0 Å². The number of hydrogen-bond acceptors (Lipinski definition) is 4. The zero-order valence-electron chi connectivity index (χ0n) is 9.63. The van der Waals surface area contributed by atoms with Crippen LogP contribution in [0.5, 0.6) is 0 Å². The van der Waals surface area contributed by atoms with E-state index in [0.717, 1.165) is 4.88 Å². The van der Waals surface area contributed by atoms with Gasteiger partial charge in [0.15, 0.2) is 5.75 Å². The van der Waals surface area contributed by atoms with E-state index in [2.05, 4.69) is 4.72 Å². The maximum absolute atomic E-state index is 11.4. The highest BCUT2D eigenvalue weighted by Crippen LogP contribution is 2.26. The van der Waals surface area contributed by atoms with Crippen LogP contribution in [-0.4, -0.2) is 31.8 Å². The van der Waals surface area contributed by atoms with E-state index in [1.54, 1.807) is 11.3 Å². The molecule has 0 aliphatic rings. The molecule has 1 aromatic rings. The first-order valence-corrected chi connectivity index (χ1v) is 7.49. The smallest absolute Gasteiger partial charge is 0.320 e. The molecule has 5 nitrogen and oxygen atoms in total. The van der Waals surface area contributed by atoms with Gasteiger partial charge in [-0.2, -0.15) is 0 Å². The quantitative estimate of drug-likeness (QED) is 0.813. The Morgan fingerprint density at radius 3 is 2.65 bits per heavy atom. The molecule has 0 aliphatic heterocycles. The fourth-order valence-electron chi connectivity index (χ4n) is 1.25. The van der Waals surface area contributed by atoms with Gasteiger partial charge in [-0.1, -0.05) is 19.9 Å². The van der Waals surface area contributed by atoms with Crippen molar-refractivity contribution in [3.8, 4) is 0 Å². The van der Waals surface area contributed by atoms with Gasteiger partial charge in [-0.05, 0) is 11.4 Å². The molecule has 0 unspecified atom stereocenters. The highest BCUT2D eigenvalue weighted by atomic mass is 32.2. The zero-order chi connectivity index (χ0) is 13.1. The molecule has 0 saturated carbocycles. The van der Waals surface area contributed by atoms with E-state index < -0.39 is 21.7 Å². The van der Waals surface area contributed by atoms with Crippen molar-refractivity contribution in [1.82, 2.24) is 4.72 Å². The second-order valence-corrected chi connectivity index (χ2v) is 7.09. The molecular formula is C10H15NO4S2. The standard InChI is InChI=1S/C10H15NO4S2/c1-10(2,8-4-3-5-16-8)7-11-17(14,15)6-9(12)13/h3-5,11H,6-7H2,1-2H3,(H,12,13). The van der Waals surface area contributed by atoms with Gasteiger partial charge >= 0.3 is 5.97 Å². The summed E-state index contributed by atoms with van der Waals surface area (Å²) in [6.07, 6.45) is 0. The van der Waals surface area contributed by atoms with Crippen LogP contribution in [0.15, 0.2) is 17.5 Å². The molecule has 0 aromatic carbocycles. The highest BCUT2D eigenvalue weighted by Gasteiger charge is 2.25. The summed E-state index contributed by atoms with van der Waals surface area (Å²) < 4.78 is 25.1. The second-order valence-electron chi connectivity index (χ2n) is 4.34. The Hall–Kier alpha value is -0.920. The van der Waals surface area contributed by atoms with Crippen molar-refractivity contribution >= 4 is 27.3 Å². The number of carbonyl (C=O) groups is 1.